The molecule has 1 heterocycles. The molecule has 0 aliphatic heterocycles. The lowest BCUT2D eigenvalue weighted by atomic mass is 10.2. The van der Waals surface area contributed by atoms with Crippen LogP contribution >= 0.6 is 11.6 Å². The van der Waals surface area contributed by atoms with Crippen molar-refractivity contribution in [2.24, 2.45) is 0 Å². The van der Waals surface area contributed by atoms with Gasteiger partial charge in [0.25, 0.3) is 0 Å². The first-order chi connectivity index (χ1) is 11.7. The van der Waals surface area contributed by atoms with Crippen LogP contribution < -0.4 is 10.1 Å². The van der Waals surface area contributed by atoms with E-state index in [1.54, 1.807) is 36.4 Å². The lowest BCUT2D eigenvalue weighted by Crippen LogP contribution is -2.28. The van der Waals surface area contributed by atoms with Crippen LogP contribution in [-0.4, -0.2) is 22.8 Å². The number of nitrogens with zero attached hydrogens (tertiary/aromatic N) is 2. The van der Waals surface area contributed by atoms with Crippen LogP contribution in [0.2, 0.25) is 5.02 Å². The molecule has 0 spiro atoms. The van der Waals surface area contributed by atoms with Crippen molar-refractivity contribution >= 4 is 17.7 Å². The number of hydrogen-bond donors (Lipinski definition) is 1. The minimum Gasteiger partial charge on any atom is -0.410 e. The van der Waals surface area contributed by atoms with Crippen molar-refractivity contribution in [3.05, 3.63) is 65.5 Å². The van der Waals surface area contributed by atoms with Gasteiger partial charge < -0.3 is 14.6 Å². The molecule has 1 amide bonds. The molecule has 2 aromatic carbocycles. The summed E-state index contributed by atoms with van der Waals surface area (Å²) in [5.41, 5.74) is 0.811. The lowest BCUT2D eigenvalue weighted by Gasteiger charge is -2.04. The average Bonchev–Trinajstić information content (AvgIpc) is 3.05. The highest BCUT2D eigenvalue weighted by Crippen LogP contribution is 2.18. The lowest BCUT2D eigenvalue weighted by molar-refractivity contribution is 0.200. The number of aromatic nitrogens is 2. The van der Waals surface area contributed by atoms with Gasteiger partial charge in [0.05, 0.1) is 0 Å². The monoisotopic (exact) mass is 343 g/mol. The van der Waals surface area contributed by atoms with Gasteiger partial charge in [-0.2, -0.15) is 4.98 Å². The van der Waals surface area contributed by atoms with Gasteiger partial charge in [0.1, 0.15) is 5.75 Å². The van der Waals surface area contributed by atoms with Crippen LogP contribution in [-0.2, 0) is 6.42 Å². The molecule has 0 saturated carbocycles. The van der Waals surface area contributed by atoms with E-state index >= 15 is 0 Å². The van der Waals surface area contributed by atoms with Gasteiger partial charge in [0, 0.05) is 23.6 Å². The summed E-state index contributed by atoms with van der Waals surface area (Å²) < 4.78 is 10.3. The molecule has 1 N–H and O–H groups in total. The van der Waals surface area contributed by atoms with E-state index in [0.29, 0.717) is 35.5 Å². The second-order valence-corrected chi connectivity index (χ2v) is 5.33. The number of ether oxygens (including phenoxy) is 1. The van der Waals surface area contributed by atoms with Crippen LogP contribution in [0.25, 0.3) is 11.4 Å². The van der Waals surface area contributed by atoms with E-state index < -0.39 is 6.09 Å². The fourth-order valence-electron chi connectivity index (χ4n) is 1.98. The van der Waals surface area contributed by atoms with Gasteiger partial charge in [-0.15, -0.1) is 0 Å². The first-order valence-corrected chi connectivity index (χ1v) is 7.68. The number of rotatable bonds is 5. The van der Waals surface area contributed by atoms with E-state index in [-0.39, 0.29) is 0 Å². The number of nitrogens with one attached hydrogen (secondary N) is 1. The Bertz CT molecular complexity index is 803. The number of hydrogen-bond acceptors (Lipinski definition) is 5. The summed E-state index contributed by atoms with van der Waals surface area (Å²) in [4.78, 5) is 15.9. The van der Waals surface area contributed by atoms with Crippen molar-refractivity contribution in [1.29, 1.82) is 0 Å². The standard InChI is InChI=1S/C17H14ClN3O3/c18-13-8-6-12(7-9-13)16-20-15(24-21-16)10-11-19-17(22)23-14-4-2-1-3-5-14/h1-9H,10-11H2,(H,19,22). The zero-order valence-corrected chi connectivity index (χ0v) is 13.4. The Labute approximate surface area is 143 Å². The normalized spacial score (nSPS) is 10.4. The van der Waals surface area contributed by atoms with Crippen molar-refractivity contribution in [2.45, 2.75) is 6.42 Å². The van der Waals surface area contributed by atoms with Crippen LogP contribution in [0.5, 0.6) is 5.75 Å². The summed E-state index contributed by atoms with van der Waals surface area (Å²) in [7, 11) is 0. The molecule has 0 aliphatic carbocycles. The van der Waals surface area contributed by atoms with Crippen molar-refractivity contribution < 1.29 is 14.1 Å². The Morgan fingerprint density at radius 2 is 1.88 bits per heavy atom. The topological polar surface area (TPSA) is 77.3 Å². The minimum atomic E-state index is -0.529. The molecule has 0 atom stereocenters. The molecule has 7 heteroatoms. The number of amides is 1. The third kappa shape index (κ3) is 4.33. The van der Waals surface area contributed by atoms with Gasteiger partial charge in [0.2, 0.25) is 11.7 Å². The predicted molar refractivity (Wildman–Crippen MR) is 88.9 cm³/mol. The smallest absolute Gasteiger partial charge is 0.410 e. The highest BCUT2D eigenvalue weighted by Gasteiger charge is 2.09. The summed E-state index contributed by atoms with van der Waals surface area (Å²) in [6.45, 7) is 0.327. The zero-order chi connectivity index (χ0) is 16.8. The van der Waals surface area contributed by atoms with Crippen molar-refractivity contribution in [2.75, 3.05) is 6.54 Å². The quantitative estimate of drug-likeness (QED) is 0.764. The second kappa shape index (κ2) is 7.61. The molecule has 122 valence electrons. The van der Waals surface area contributed by atoms with E-state index in [2.05, 4.69) is 15.5 Å². The Kier molecular flexibility index (Phi) is 5.08. The molecule has 0 fully saturated rings. The highest BCUT2D eigenvalue weighted by atomic mass is 35.5. The number of para-hydroxylation sites is 1. The largest absolute Gasteiger partial charge is 0.412 e. The van der Waals surface area contributed by atoms with Gasteiger partial charge in [-0.25, -0.2) is 4.79 Å². The molecule has 0 radical (unpaired) electrons. The van der Waals surface area contributed by atoms with Crippen LogP contribution in [0.4, 0.5) is 4.79 Å². The molecule has 0 unspecified atom stereocenters. The van der Waals surface area contributed by atoms with E-state index in [1.165, 1.54) is 0 Å². The Balaban J connectivity index is 1.49. The fraction of sp³-hybridized carbons (Fsp3) is 0.118. The predicted octanol–water partition coefficient (Wildman–Crippen LogP) is 3.72. The summed E-state index contributed by atoms with van der Waals surface area (Å²) in [5, 5.41) is 7.18. The summed E-state index contributed by atoms with van der Waals surface area (Å²) in [6.07, 6.45) is -0.122. The third-order valence-corrected chi connectivity index (χ3v) is 3.38. The maximum Gasteiger partial charge on any atom is 0.412 e. The first kappa shape index (κ1) is 16.0. The fourth-order valence-corrected chi connectivity index (χ4v) is 2.10. The maximum atomic E-state index is 11.6. The Morgan fingerprint density at radius 1 is 1.12 bits per heavy atom. The molecule has 3 aromatic rings. The first-order valence-electron chi connectivity index (χ1n) is 7.30. The average molecular weight is 344 g/mol. The third-order valence-electron chi connectivity index (χ3n) is 3.13. The second-order valence-electron chi connectivity index (χ2n) is 4.90. The molecule has 0 aliphatic rings. The molecule has 3 rings (SSSR count). The van der Waals surface area contributed by atoms with Crippen LogP contribution in [0.1, 0.15) is 5.89 Å². The number of carbonyl (C=O) groups excluding carboxylic acids is 1. The highest BCUT2D eigenvalue weighted by molar-refractivity contribution is 6.30. The van der Waals surface area contributed by atoms with E-state index in [0.717, 1.165) is 5.56 Å². The van der Waals surface area contributed by atoms with E-state index in [1.807, 2.05) is 18.2 Å². The van der Waals surface area contributed by atoms with Crippen LogP contribution in [0.3, 0.4) is 0 Å². The van der Waals surface area contributed by atoms with Gasteiger partial charge in [-0.3, -0.25) is 0 Å². The molecular formula is C17H14ClN3O3. The van der Waals surface area contributed by atoms with Gasteiger partial charge >= 0.3 is 6.09 Å². The SMILES string of the molecule is O=C(NCCc1nc(-c2ccc(Cl)cc2)no1)Oc1ccccc1. The van der Waals surface area contributed by atoms with Crippen molar-refractivity contribution in [3.8, 4) is 17.1 Å². The molecular weight excluding hydrogens is 330 g/mol. The van der Waals surface area contributed by atoms with Crippen molar-refractivity contribution in [3.63, 3.8) is 0 Å². The summed E-state index contributed by atoms with van der Waals surface area (Å²) in [6, 6.07) is 16.0. The number of benzene rings is 2. The van der Waals surface area contributed by atoms with Gasteiger partial charge in [-0.1, -0.05) is 35.0 Å². The molecule has 0 bridgehead atoms. The van der Waals surface area contributed by atoms with Crippen LogP contribution in [0.15, 0.2) is 59.1 Å². The van der Waals surface area contributed by atoms with E-state index in [9.17, 15) is 4.79 Å². The maximum absolute atomic E-state index is 11.6. The van der Waals surface area contributed by atoms with Crippen molar-refractivity contribution in [1.82, 2.24) is 15.5 Å². The molecule has 24 heavy (non-hydrogen) atoms. The summed E-state index contributed by atoms with van der Waals surface area (Å²) >= 11 is 5.84. The molecule has 6 nitrogen and oxygen atoms in total. The van der Waals surface area contributed by atoms with E-state index in [4.69, 9.17) is 20.9 Å². The zero-order valence-electron chi connectivity index (χ0n) is 12.6. The van der Waals surface area contributed by atoms with Crippen LogP contribution in [0, 0.1) is 0 Å². The summed E-state index contributed by atoms with van der Waals surface area (Å²) in [5.74, 6) is 1.39. The number of halogens is 1. The molecule has 0 saturated heterocycles. The Hall–Kier alpha value is -2.86. The molecule has 1 aromatic heterocycles. The number of carbonyl (C=O) groups is 1. The Morgan fingerprint density at radius 3 is 2.62 bits per heavy atom. The minimum absolute atomic E-state index is 0.327. The van der Waals surface area contributed by atoms with Gasteiger partial charge in [-0.05, 0) is 36.4 Å². The van der Waals surface area contributed by atoms with Gasteiger partial charge in [0.15, 0.2) is 0 Å².